The Labute approximate surface area is 129 Å². The van der Waals surface area contributed by atoms with E-state index in [9.17, 15) is 5.11 Å². The molecule has 0 aliphatic carbocycles. The molecule has 0 radical (unpaired) electrons. The Morgan fingerprint density at radius 3 is 2.62 bits per heavy atom. The van der Waals surface area contributed by atoms with E-state index >= 15 is 0 Å². The maximum Gasteiger partial charge on any atom is 0.122 e. The van der Waals surface area contributed by atoms with Crippen LogP contribution in [0.2, 0.25) is 5.02 Å². The molecule has 3 nitrogen and oxygen atoms in total. The monoisotopic (exact) mass is 301 g/mol. The second-order valence-corrected chi connectivity index (χ2v) is 5.31. The van der Waals surface area contributed by atoms with Gasteiger partial charge in [0.25, 0.3) is 0 Å². The largest absolute Gasteiger partial charge is 0.489 e. The molecule has 0 aromatic heterocycles. The summed E-state index contributed by atoms with van der Waals surface area (Å²) in [6.07, 6.45) is -0.495. The van der Waals surface area contributed by atoms with Gasteiger partial charge >= 0.3 is 0 Å². The van der Waals surface area contributed by atoms with E-state index < -0.39 is 6.10 Å². The highest BCUT2D eigenvalue weighted by Crippen LogP contribution is 2.25. The predicted octanol–water partition coefficient (Wildman–Crippen LogP) is 4.15. The van der Waals surface area contributed by atoms with Crippen molar-refractivity contribution in [3.05, 3.63) is 63.7 Å². The van der Waals surface area contributed by atoms with E-state index in [1.807, 2.05) is 31.2 Å². The molecule has 1 atom stereocenters. The Kier molecular flexibility index (Phi) is 4.85. The number of benzene rings is 2. The molecule has 0 aliphatic rings. The molecule has 0 fully saturated rings. The van der Waals surface area contributed by atoms with Crippen LogP contribution in [0.1, 0.15) is 35.3 Å². The quantitative estimate of drug-likeness (QED) is 0.923. The summed E-state index contributed by atoms with van der Waals surface area (Å²) in [5.74, 6) is 0.750. The molecule has 0 spiro atoms. The number of aliphatic hydroxyl groups excluding tert-OH is 1. The molecule has 1 N–H and O–H groups in total. The normalized spacial score (nSPS) is 11.8. The number of nitrogens with zero attached hydrogens (tertiary/aromatic N) is 1. The van der Waals surface area contributed by atoms with Crippen molar-refractivity contribution in [2.75, 3.05) is 0 Å². The van der Waals surface area contributed by atoms with Gasteiger partial charge in [-0.15, -0.1) is 0 Å². The van der Waals surface area contributed by atoms with E-state index in [0.717, 1.165) is 22.4 Å². The highest BCUT2D eigenvalue weighted by molar-refractivity contribution is 6.31. The molecule has 0 aliphatic heterocycles. The molecular weight excluding hydrogens is 286 g/mol. The van der Waals surface area contributed by atoms with Gasteiger partial charge in [-0.1, -0.05) is 23.7 Å². The van der Waals surface area contributed by atoms with Crippen LogP contribution in [0.25, 0.3) is 0 Å². The first kappa shape index (κ1) is 15.4. The first-order valence-corrected chi connectivity index (χ1v) is 6.99. The Morgan fingerprint density at radius 2 is 2.05 bits per heavy atom. The third-order valence-corrected chi connectivity index (χ3v) is 3.60. The van der Waals surface area contributed by atoms with Gasteiger partial charge in [0.2, 0.25) is 0 Å². The summed E-state index contributed by atoms with van der Waals surface area (Å²) >= 11 is 6.12. The lowest BCUT2D eigenvalue weighted by atomic mass is 10.1. The molecular formula is C17H16ClNO2. The van der Waals surface area contributed by atoms with E-state index in [2.05, 4.69) is 0 Å². The number of hydrogen-bond donors (Lipinski definition) is 1. The van der Waals surface area contributed by atoms with Crippen LogP contribution < -0.4 is 4.74 Å². The van der Waals surface area contributed by atoms with E-state index in [4.69, 9.17) is 21.6 Å². The minimum Gasteiger partial charge on any atom is -0.489 e. The highest BCUT2D eigenvalue weighted by atomic mass is 35.5. The maximum atomic E-state index is 9.55. The van der Waals surface area contributed by atoms with E-state index in [0.29, 0.717) is 17.2 Å². The van der Waals surface area contributed by atoms with Gasteiger partial charge in [-0.25, -0.2) is 0 Å². The molecule has 0 bridgehead atoms. The number of nitriles is 1. The second kappa shape index (κ2) is 6.62. The average Bonchev–Trinajstić information content (AvgIpc) is 2.46. The summed E-state index contributed by atoms with van der Waals surface area (Å²) in [4.78, 5) is 0. The van der Waals surface area contributed by atoms with E-state index in [1.54, 1.807) is 25.1 Å². The Bertz CT molecular complexity index is 690. The van der Waals surface area contributed by atoms with Crippen molar-refractivity contribution in [1.29, 1.82) is 5.26 Å². The minimum atomic E-state index is -0.495. The van der Waals surface area contributed by atoms with E-state index in [1.165, 1.54) is 0 Å². The van der Waals surface area contributed by atoms with Gasteiger partial charge in [-0.05, 0) is 49.2 Å². The Balaban J connectivity index is 2.12. The Morgan fingerprint density at radius 1 is 1.29 bits per heavy atom. The van der Waals surface area contributed by atoms with Gasteiger partial charge in [-0.2, -0.15) is 5.26 Å². The fourth-order valence-electron chi connectivity index (χ4n) is 1.98. The zero-order valence-corrected chi connectivity index (χ0v) is 12.7. The SMILES string of the molecule is Cc1cc([C@@H](C)O)ccc1OCc1ccc(C#N)cc1Cl. The fraction of sp³-hybridized carbons (Fsp3) is 0.235. The molecule has 0 unspecified atom stereocenters. The van der Waals surface area contributed by atoms with Crippen LogP contribution in [-0.4, -0.2) is 5.11 Å². The third kappa shape index (κ3) is 3.75. The summed E-state index contributed by atoms with van der Waals surface area (Å²) in [6, 6.07) is 12.8. The molecule has 0 amide bonds. The van der Waals surface area contributed by atoms with Gasteiger partial charge in [0.15, 0.2) is 0 Å². The number of ether oxygens (including phenoxy) is 1. The maximum absolute atomic E-state index is 9.55. The predicted molar refractivity (Wildman–Crippen MR) is 82.3 cm³/mol. The topological polar surface area (TPSA) is 53.2 Å². The van der Waals surface area contributed by atoms with Crippen molar-refractivity contribution in [2.24, 2.45) is 0 Å². The summed E-state index contributed by atoms with van der Waals surface area (Å²) in [6.45, 7) is 3.99. The standard InChI is InChI=1S/C17H16ClNO2/c1-11-7-14(12(2)20)5-6-17(11)21-10-15-4-3-13(9-19)8-16(15)18/h3-8,12,20H,10H2,1-2H3/t12-/m1/s1. The zero-order valence-electron chi connectivity index (χ0n) is 11.9. The van der Waals surface area contributed by atoms with Crippen LogP contribution in [0.3, 0.4) is 0 Å². The molecule has 0 saturated carbocycles. The molecule has 108 valence electrons. The zero-order chi connectivity index (χ0) is 15.4. The number of rotatable bonds is 4. The van der Waals surface area contributed by atoms with Crippen LogP contribution in [-0.2, 0) is 6.61 Å². The molecule has 2 rings (SSSR count). The second-order valence-electron chi connectivity index (χ2n) is 4.91. The minimum absolute atomic E-state index is 0.333. The van der Waals surface area contributed by atoms with E-state index in [-0.39, 0.29) is 0 Å². The van der Waals surface area contributed by atoms with Crippen molar-refractivity contribution in [3.63, 3.8) is 0 Å². The summed E-state index contributed by atoms with van der Waals surface area (Å²) in [5.41, 5.74) is 3.17. The first-order valence-electron chi connectivity index (χ1n) is 6.61. The third-order valence-electron chi connectivity index (χ3n) is 3.25. The average molecular weight is 302 g/mol. The van der Waals surface area contributed by atoms with Gasteiger partial charge in [0, 0.05) is 10.6 Å². The lowest BCUT2D eigenvalue weighted by Gasteiger charge is -2.12. The van der Waals surface area contributed by atoms with Crippen molar-refractivity contribution in [3.8, 4) is 11.8 Å². The van der Waals surface area contributed by atoms with Crippen LogP contribution in [0.15, 0.2) is 36.4 Å². The highest BCUT2D eigenvalue weighted by Gasteiger charge is 2.07. The van der Waals surface area contributed by atoms with Crippen LogP contribution >= 0.6 is 11.6 Å². The molecule has 2 aromatic rings. The van der Waals surface area contributed by atoms with Crippen molar-refractivity contribution in [1.82, 2.24) is 0 Å². The van der Waals surface area contributed by atoms with Gasteiger partial charge in [-0.3, -0.25) is 0 Å². The fourth-order valence-corrected chi connectivity index (χ4v) is 2.22. The van der Waals surface area contributed by atoms with Crippen LogP contribution in [0, 0.1) is 18.3 Å². The summed E-state index contributed by atoms with van der Waals surface area (Å²) in [7, 11) is 0. The van der Waals surface area contributed by atoms with Crippen molar-refractivity contribution < 1.29 is 9.84 Å². The lowest BCUT2D eigenvalue weighted by molar-refractivity contribution is 0.199. The van der Waals surface area contributed by atoms with Gasteiger partial charge in [0.05, 0.1) is 17.7 Å². The first-order chi connectivity index (χ1) is 10.0. The smallest absolute Gasteiger partial charge is 0.122 e. The lowest BCUT2D eigenvalue weighted by Crippen LogP contribution is -1.99. The number of aryl methyl sites for hydroxylation is 1. The van der Waals surface area contributed by atoms with Crippen LogP contribution in [0.4, 0.5) is 0 Å². The molecule has 21 heavy (non-hydrogen) atoms. The van der Waals surface area contributed by atoms with Crippen molar-refractivity contribution >= 4 is 11.6 Å². The summed E-state index contributed by atoms with van der Waals surface area (Å²) < 4.78 is 5.76. The summed E-state index contributed by atoms with van der Waals surface area (Å²) in [5, 5.41) is 18.9. The van der Waals surface area contributed by atoms with Gasteiger partial charge < -0.3 is 9.84 Å². The number of hydrogen-bond acceptors (Lipinski definition) is 3. The molecule has 4 heteroatoms. The molecule has 0 saturated heterocycles. The number of halogens is 1. The van der Waals surface area contributed by atoms with Crippen molar-refractivity contribution in [2.45, 2.75) is 26.6 Å². The van der Waals surface area contributed by atoms with Crippen LogP contribution in [0.5, 0.6) is 5.75 Å². The number of aliphatic hydroxyl groups is 1. The Hall–Kier alpha value is -2.02. The molecule has 2 aromatic carbocycles. The van der Waals surface area contributed by atoms with Gasteiger partial charge in [0.1, 0.15) is 12.4 Å². The molecule has 0 heterocycles.